The molecule has 1 aliphatic carbocycles. The third kappa shape index (κ3) is 5.64. The average molecular weight is 464 g/mol. The predicted molar refractivity (Wildman–Crippen MR) is 113 cm³/mol. The Bertz CT molecular complexity index is 841. The highest BCUT2D eigenvalue weighted by Gasteiger charge is 2.47. The maximum Gasteiger partial charge on any atom is 0.264 e. The normalized spacial score (nSPS) is 24.1. The smallest absolute Gasteiger partial charge is 0.264 e. The summed E-state index contributed by atoms with van der Waals surface area (Å²) in [7, 11) is -3.63. The molecular weight excluding hydrogens is 437 g/mol. The fraction of sp³-hybridized carbons (Fsp3) is 0.650. The number of hydrogen-bond acceptors (Lipinski definition) is 5. The monoisotopic (exact) mass is 463 g/mol. The van der Waals surface area contributed by atoms with E-state index in [1.54, 1.807) is 18.2 Å². The minimum atomic E-state index is -3.63. The van der Waals surface area contributed by atoms with Gasteiger partial charge in [-0.05, 0) is 36.5 Å². The number of nitrogens with zero attached hydrogens (tertiary/aromatic N) is 1. The SMILES string of the molecule is CS(=O)(=O)OCC[C@]1(c2ccc(Cl)c(Cl)c2)OCCN(CC2CCCCC2)C1=O. The van der Waals surface area contributed by atoms with Crippen molar-refractivity contribution >= 4 is 39.2 Å². The Morgan fingerprint density at radius 3 is 2.59 bits per heavy atom. The quantitative estimate of drug-likeness (QED) is 0.571. The summed E-state index contributed by atoms with van der Waals surface area (Å²) in [6, 6.07) is 4.94. The van der Waals surface area contributed by atoms with Gasteiger partial charge in [0.15, 0.2) is 5.60 Å². The molecule has 1 heterocycles. The van der Waals surface area contributed by atoms with E-state index in [2.05, 4.69) is 0 Å². The summed E-state index contributed by atoms with van der Waals surface area (Å²) in [5.74, 6) is 0.314. The van der Waals surface area contributed by atoms with Gasteiger partial charge in [0.05, 0.1) is 29.5 Å². The molecule has 0 bridgehead atoms. The third-order valence-electron chi connectivity index (χ3n) is 5.68. The molecule has 1 aromatic rings. The van der Waals surface area contributed by atoms with Crippen LogP contribution in [0.25, 0.3) is 0 Å². The molecule has 2 aliphatic rings. The number of carbonyl (C=O) groups is 1. The lowest BCUT2D eigenvalue weighted by Gasteiger charge is -2.43. The lowest BCUT2D eigenvalue weighted by atomic mass is 9.85. The van der Waals surface area contributed by atoms with Gasteiger partial charge in [-0.15, -0.1) is 0 Å². The van der Waals surface area contributed by atoms with E-state index >= 15 is 0 Å². The van der Waals surface area contributed by atoms with Crippen LogP contribution in [0.4, 0.5) is 0 Å². The molecular formula is C20H27Cl2NO5S. The van der Waals surface area contributed by atoms with Crippen LogP contribution in [-0.2, 0) is 29.4 Å². The standard InChI is InChI=1S/C20H27Cl2NO5S/c1-29(25,26)28-11-9-20(16-7-8-17(21)18(22)13-16)19(24)23(10-12-27-20)14-15-5-3-2-4-6-15/h7-8,13,15H,2-6,9-12,14H2,1H3/t20-/m1/s1. The van der Waals surface area contributed by atoms with Gasteiger partial charge < -0.3 is 9.64 Å². The molecule has 1 aromatic carbocycles. The lowest BCUT2D eigenvalue weighted by molar-refractivity contribution is -0.177. The Balaban J connectivity index is 1.87. The zero-order chi connectivity index (χ0) is 21.1. The average Bonchev–Trinajstić information content (AvgIpc) is 2.67. The molecule has 0 spiro atoms. The number of morpholine rings is 1. The van der Waals surface area contributed by atoms with E-state index in [4.69, 9.17) is 32.1 Å². The minimum Gasteiger partial charge on any atom is -0.358 e. The van der Waals surface area contributed by atoms with Gasteiger partial charge in [-0.2, -0.15) is 8.42 Å². The van der Waals surface area contributed by atoms with Crippen molar-refractivity contribution < 1.29 is 22.1 Å². The first-order valence-corrected chi connectivity index (χ1v) is 12.5. The maximum atomic E-state index is 13.6. The van der Waals surface area contributed by atoms with Crippen molar-refractivity contribution in [2.24, 2.45) is 5.92 Å². The molecule has 2 fully saturated rings. The van der Waals surface area contributed by atoms with Gasteiger partial charge in [-0.1, -0.05) is 48.5 Å². The summed E-state index contributed by atoms with van der Waals surface area (Å²) >= 11 is 12.3. The highest BCUT2D eigenvalue weighted by atomic mass is 35.5. The lowest BCUT2D eigenvalue weighted by Crippen LogP contribution is -2.56. The summed E-state index contributed by atoms with van der Waals surface area (Å²) in [5, 5.41) is 0.689. The molecule has 162 valence electrons. The largest absolute Gasteiger partial charge is 0.358 e. The molecule has 6 nitrogen and oxygen atoms in total. The number of ether oxygens (including phenoxy) is 1. The van der Waals surface area contributed by atoms with Crippen LogP contribution in [0.15, 0.2) is 18.2 Å². The van der Waals surface area contributed by atoms with Crippen molar-refractivity contribution in [1.29, 1.82) is 0 Å². The maximum absolute atomic E-state index is 13.6. The van der Waals surface area contributed by atoms with Crippen molar-refractivity contribution in [1.82, 2.24) is 4.90 Å². The zero-order valence-electron chi connectivity index (χ0n) is 16.5. The van der Waals surface area contributed by atoms with Gasteiger partial charge in [0.1, 0.15) is 0 Å². The van der Waals surface area contributed by atoms with E-state index in [9.17, 15) is 13.2 Å². The van der Waals surface area contributed by atoms with Crippen LogP contribution >= 0.6 is 23.2 Å². The Labute approximate surface area is 182 Å². The van der Waals surface area contributed by atoms with Gasteiger partial charge >= 0.3 is 0 Å². The van der Waals surface area contributed by atoms with E-state index in [0.717, 1.165) is 19.1 Å². The second-order valence-corrected chi connectivity index (χ2v) is 10.3. The van der Waals surface area contributed by atoms with Crippen LogP contribution in [0.1, 0.15) is 44.1 Å². The first-order chi connectivity index (χ1) is 13.7. The van der Waals surface area contributed by atoms with E-state index in [1.165, 1.54) is 19.3 Å². The zero-order valence-corrected chi connectivity index (χ0v) is 18.9. The van der Waals surface area contributed by atoms with Crippen LogP contribution in [0, 0.1) is 5.92 Å². The summed E-state index contributed by atoms with van der Waals surface area (Å²) < 4.78 is 33.8. The van der Waals surface area contributed by atoms with Crippen LogP contribution in [-0.4, -0.2) is 51.8 Å². The molecule has 0 unspecified atom stereocenters. The molecule has 0 radical (unpaired) electrons. The van der Waals surface area contributed by atoms with Gasteiger partial charge in [0, 0.05) is 19.5 Å². The van der Waals surface area contributed by atoms with Crippen LogP contribution in [0.3, 0.4) is 0 Å². The van der Waals surface area contributed by atoms with E-state index < -0.39 is 15.7 Å². The molecule has 1 amide bonds. The van der Waals surface area contributed by atoms with Crippen molar-refractivity contribution in [3.8, 4) is 0 Å². The summed E-state index contributed by atoms with van der Waals surface area (Å²) in [6.45, 7) is 1.41. The molecule has 29 heavy (non-hydrogen) atoms. The second kappa shape index (κ2) is 9.52. The molecule has 3 rings (SSSR count). The minimum absolute atomic E-state index is 0.0675. The Kier molecular flexibility index (Phi) is 7.49. The molecule has 1 atom stereocenters. The summed E-state index contributed by atoms with van der Waals surface area (Å²) in [6.07, 6.45) is 6.95. The van der Waals surface area contributed by atoms with Crippen molar-refractivity contribution in [2.75, 3.05) is 32.6 Å². The number of amides is 1. The van der Waals surface area contributed by atoms with E-state index in [1.807, 2.05) is 4.90 Å². The van der Waals surface area contributed by atoms with E-state index in [0.29, 0.717) is 41.2 Å². The molecule has 0 N–H and O–H groups in total. The van der Waals surface area contributed by atoms with Gasteiger partial charge in [0.25, 0.3) is 16.0 Å². The molecule has 1 saturated carbocycles. The van der Waals surface area contributed by atoms with Gasteiger partial charge in [-0.3, -0.25) is 8.98 Å². The summed E-state index contributed by atoms with van der Waals surface area (Å²) in [5.41, 5.74) is -0.784. The molecule has 1 aliphatic heterocycles. The number of halogens is 2. The Morgan fingerprint density at radius 1 is 1.21 bits per heavy atom. The van der Waals surface area contributed by atoms with Crippen molar-refractivity contribution in [3.63, 3.8) is 0 Å². The van der Waals surface area contributed by atoms with E-state index in [-0.39, 0.29) is 18.9 Å². The second-order valence-electron chi connectivity index (χ2n) is 7.84. The number of rotatable bonds is 7. The van der Waals surface area contributed by atoms with Crippen molar-refractivity contribution in [2.45, 2.75) is 44.1 Å². The molecule has 0 aromatic heterocycles. The topological polar surface area (TPSA) is 72.9 Å². The van der Waals surface area contributed by atoms with Crippen molar-refractivity contribution in [3.05, 3.63) is 33.8 Å². The highest BCUT2D eigenvalue weighted by molar-refractivity contribution is 7.85. The van der Waals surface area contributed by atoms with Gasteiger partial charge in [0.2, 0.25) is 0 Å². The Morgan fingerprint density at radius 2 is 1.93 bits per heavy atom. The summed E-state index contributed by atoms with van der Waals surface area (Å²) in [4.78, 5) is 15.4. The third-order valence-corrected chi connectivity index (χ3v) is 7.02. The molecule has 1 saturated heterocycles. The van der Waals surface area contributed by atoms with Crippen LogP contribution in [0.2, 0.25) is 10.0 Å². The van der Waals surface area contributed by atoms with Gasteiger partial charge in [-0.25, -0.2) is 0 Å². The fourth-order valence-electron chi connectivity index (χ4n) is 4.22. The first kappa shape index (κ1) is 22.8. The van der Waals surface area contributed by atoms with Crippen LogP contribution < -0.4 is 0 Å². The first-order valence-electron chi connectivity index (χ1n) is 9.94. The number of hydrogen-bond donors (Lipinski definition) is 0. The number of carbonyl (C=O) groups excluding carboxylic acids is 1. The Hall–Kier alpha value is -0.860. The fourth-order valence-corrected chi connectivity index (χ4v) is 4.90. The number of benzene rings is 1. The highest BCUT2D eigenvalue weighted by Crippen LogP contribution is 2.38. The predicted octanol–water partition coefficient (Wildman–Crippen LogP) is 3.99. The van der Waals surface area contributed by atoms with Crippen LogP contribution in [0.5, 0.6) is 0 Å². The molecule has 9 heteroatoms.